The highest BCUT2D eigenvalue weighted by Crippen LogP contribution is 2.18. The molecule has 1 heterocycles. The van der Waals surface area contributed by atoms with Crippen LogP contribution < -0.4 is 10.6 Å². The summed E-state index contributed by atoms with van der Waals surface area (Å²) in [7, 11) is 1.84. The highest BCUT2D eigenvalue weighted by Gasteiger charge is 2.15. The number of likely N-dealkylation sites (N-methyl/N-ethyl adjacent to an activating group) is 1. The summed E-state index contributed by atoms with van der Waals surface area (Å²) >= 11 is 5.96. The number of nitrogens with zero attached hydrogens (tertiary/aromatic N) is 4. The summed E-state index contributed by atoms with van der Waals surface area (Å²) in [4.78, 5) is 12.3. The monoisotopic (exact) mass is 330 g/mol. The number of benzene rings is 1. The minimum Gasteiger partial charge on any atom is -0.350 e. The third-order valence-corrected chi connectivity index (χ3v) is 3.10. The fraction of sp³-hybridized carbons (Fsp3) is 0.333. The molecule has 7 nitrogen and oxygen atoms in total. The predicted molar refractivity (Wildman–Crippen MR) is 82.3 cm³/mol. The molecule has 0 aliphatic carbocycles. The molecule has 0 saturated heterocycles. The van der Waals surface area contributed by atoms with Crippen LogP contribution in [0.1, 0.15) is 17.3 Å². The standard InChI is InChI=1S/C12H15ClN6O.ClH/c1-8(14-2)6-15-12(20)10-5-9(13)3-4-11(10)19-7-16-17-18-19;/h3-5,7-8,14H,6H2,1-2H3,(H,15,20);1H. The van der Waals surface area contributed by atoms with E-state index in [0.29, 0.717) is 22.8 Å². The van der Waals surface area contributed by atoms with E-state index in [1.54, 1.807) is 18.2 Å². The second kappa shape index (κ2) is 7.92. The number of carbonyl (C=O) groups excluding carboxylic acids is 1. The third kappa shape index (κ3) is 4.38. The summed E-state index contributed by atoms with van der Waals surface area (Å²) in [6.45, 7) is 2.48. The Morgan fingerprint density at radius 3 is 2.86 bits per heavy atom. The Morgan fingerprint density at radius 2 is 2.24 bits per heavy atom. The van der Waals surface area contributed by atoms with Crippen molar-refractivity contribution >= 4 is 29.9 Å². The Morgan fingerprint density at radius 1 is 1.48 bits per heavy atom. The highest BCUT2D eigenvalue weighted by molar-refractivity contribution is 6.31. The molecule has 0 aliphatic heterocycles. The van der Waals surface area contributed by atoms with E-state index in [2.05, 4.69) is 26.2 Å². The lowest BCUT2D eigenvalue weighted by Crippen LogP contribution is -2.37. The molecule has 0 fully saturated rings. The normalized spacial score (nSPS) is 11.6. The van der Waals surface area contributed by atoms with E-state index in [9.17, 15) is 4.79 Å². The second-order valence-electron chi connectivity index (χ2n) is 4.32. The third-order valence-electron chi connectivity index (χ3n) is 2.86. The van der Waals surface area contributed by atoms with Gasteiger partial charge < -0.3 is 10.6 Å². The number of carbonyl (C=O) groups is 1. The first kappa shape index (κ1) is 17.4. The van der Waals surface area contributed by atoms with Gasteiger partial charge in [0.2, 0.25) is 0 Å². The molecule has 2 N–H and O–H groups in total. The zero-order chi connectivity index (χ0) is 14.5. The van der Waals surface area contributed by atoms with Gasteiger partial charge in [-0.05, 0) is 42.6 Å². The molecule has 2 aromatic rings. The van der Waals surface area contributed by atoms with Gasteiger partial charge in [-0.1, -0.05) is 11.6 Å². The van der Waals surface area contributed by atoms with Gasteiger partial charge in [0.25, 0.3) is 5.91 Å². The summed E-state index contributed by atoms with van der Waals surface area (Å²) in [5.41, 5.74) is 1.00. The lowest BCUT2D eigenvalue weighted by Gasteiger charge is -2.13. The molecule has 1 amide bonds. The molecule has 0 saturated carbocycles. The van der Waals surface area contributed by atoms with Crippen LogP contribution in [0.4, 0.5) is 0 Å². The van der Waals surface area contributed by atoms with Crippen molar-refractivity contribution < 1.29 is 4.79 Å². The number of halogens is 2. The number of hydrogen-bond donors (Lipinski definition) is 2. The lowest BCUT2D eigenvalue weighted by atomic mass is 10.1. The van der Waals surface area contributed by atoms with Crippen molar-refractivity contribution in [2.45, 2.75) is 13.0 Å². The number of nitrogens with one attached hydrogen (secondary N) is 2. The highest BCUT2D eigenvalue weighted by atomic mass is 35.5. The van der Waals surface area contributed by atoms with Crippen LogP contribution in [0.25, 0.3) is 5.69 Å². The molecule has 0 aliphatic rings. The first-order valence-corrected chi connectivity index (χ1v) is 6.48. The molecule has 1 aromatic carbocycles. The average Bonchev–Trinajstić information content (AvgIpc) is 2.98. The molecule has 114 valence electrons. The first-order chi connectivity index (χ1) is 9.61. The fourth-order valence-corrected chi connectivity index (χ4v) is 1.78. The van der Waals surface area contributed by atoms with Gasteiger partial charge in [-0.15, -0.1) is 17.5 Å². The summed E-state index contributed by atoms with van der Waals surface area (Å²) in [6, 6.07) is 5.16. The molecule has 21 heavy (non-hydrogen) atoms. The van der Waals surface area contributed by atoms with Crippen LogP contribution in [0.15, 0.2) is 24.5 Å². The van der Waals surface area contributed by atoms with Gasteiger partial charge in [-0.2, -0.15) is 4.68 Å². The Hall–Kier alpha value is -1.70. The molecule has 2 rings (SSSR count). The van der Waals surface area contributed by atoms with Gasteiger partial charge in [-0.3, -0.25) is 4.79 Å². The largest absolute Gasteiger partial charge is 0.350 e. The predicted octanol–water partition coefficient (Wildman–Crippen LogP) is 1.08. The van der Waals surface area contributed by atoms with Crippen molar-refractivity contribution in [2.24, 2.45) is 0 Å². The number of rotatable bonds is 5. The van der Waals surface area contributed by atoms with Gasteiger partial charge in [0.1, 0.15) is 6.33 Å². The van der Waals surface area contributed by atoms with Crippen LogP contribution in [-0.4, -0.2) is 45.7 Å². The first-order valence-electron chi connectivity index (χ1n) is 6.10. The summed E-state index contributed by atoms with van der Waals surface area (Å²) in [5.74, 6) is -0.222. The number of hydrogen-bond acceptors (Lipinski definition) is 5. The zero-order valence-electron chi connectivity index (χ0n) is 11.6. The molecular weight excluding hydrogens is 315 g/mol. The quantitative estimate of drug-likeness (QED) is 0.856. The zero-order valence-corrected chi connectivity index (χ0v) is 13.1. The van der Waals surface area contributed by atoms with Gasteiger partial charge in [0, 0.05) is 17.6 Å². The van der Waals surface area contributed by atoms with E-state index in [0.717, 1.165) is 0 Å². The fourth-order valence-electron chi connectivity index (χ4n) is 1.60. The van der Waals surface area contributed by atoms with Gasteiger partial charge in [0.05, 0.1) is 11.3 Å². The van der Waals surface area contributed by atoms with Crippen molar-refractivity contribution in [1.29, 1.82) is 0 Å². The Bertz CT molecular complexity index is 589. The van der Waals surface area contributed by atoms with E-state index in [-0.39, 0.29) is 24.4 Å². The van der Waals surface area contributed by atoms with Crippen LogP contribution in [0.2, 0.25) is 5.02 Å². The molecular formula is C12H16Cl2N6O. The summed E-state index contributed by atoms with van der Waals surface area (Å²) < 4.78 is 1.42. The Kier molecular flexibility index (Phi) is 6.54. The van der Waals surface area contributed by atoms with Crippen molar-refractivity contribution in [3.05, 3.63) is 35.1 Å². The Labute approximate surface area is 133 Å². The molecule has 1 unspecified atom stereocenters. The van der Waals surface area contributed by atoms with Crippen molar-refractivity contribution in [1.82, 2.24) is 30.8 Å². The van der Waals surface area contributed by atoms with Crippen molar-refractivity contribution in [2.75, 3.05) is 13.6 Å². The summed E-state index contributed by atoms with van der Waals surface area (Å²) in [5, 5.41) is 17.3. The molecule has 1 aromatic heterocycles. The number of amides is 1. The maximum atomic E-state index is 12.3. The van der Waals surface area contributed by atoms with Crippen LogP contribution in [0.3, 0.4) is 0 Å². The molecule has 0 spiro atoms. The average molecular weight is 331 g/mol. The smallest absolute Gasteiger partial charge is 0.253 e. The summed E-state index contributed by atoms with van der Waals surface area (Å²) in [6.07, 6.45) is 1.43. The van der Waals surface area contributed by atoms with E-state index in [1.165, 1.54) is 11.0 Å². The van der Waals surface area contributed by atoms with E-state index >= 15 is 0 Å². The van der Waals surface area contributed by atoms with Crippen LogP contribution >= 0.6 is 24.0 Å². The minimum atomic E-state index is -0.222. The van der Waals surface area contributed by atoms with E-state index in [4.69, 9.17) is 11.6 Å². The molecule has 9 heteroatoms. The van der Waals surface area contributed by atoms with Crippen LogP contribution in [-0.2, 0) is 0 Å². The van der Waals surface area contributed by atoms with E-state index in [1.807, 2.05) is 14.0 Å². The molecule has 0 radical (unpaired) electrons. The molecule has 0 bridgehead atoms. The topological polar surface area (TPSA) is 84.7 Å². The van der Waals surface area contributed by atoms with Crippen molar-refractivity contribution in [3.63, 3.8) is 0 Å². The Balaban J connectivity index is 0.00000220. The lowest BCUT2D eigenvalue weighted by molar-refractivity contribution is 0.0950. The van der Waals surface area contributed by atoms with Gasteiger partial charge in [0.15, 0.2) is 0 Å². The van der Waals surface area contributed by atoms with E-state index < -0.39 is 0 Å². The number of tetrazole rings is 1. The van der Waals surface area contributed by atoms with Crippen molar-refractivity contribution in [3.8, 4) is 5.69 Å². The SMILES string of the molecule is CNC(C)CNC(=O)c1cc(Cl)ccc1-n1cnnn1.Cl. The second-order valence-corrected chi connectivity index (χ2v) is 4.75. The minimum absolute atomic E-state index is 0. The van der Waals surface area contributed by atoms with Crippen LogP contribution in [0.5, 0.6) is 0 Å². The van der Waals surface area contributed by atoms with Gasteiger partial charge in [-0.25, -0.2) is 0 Å². The maximum Gasteiger partial charge on any atom is 0.253 e. The van der Waals surface area contributed by atoms with Gasteiger partial charge >= 0.3 is 0 Å². The molecule has 1 atom stereocenters. The maximum absolute atomic E-state index is 12.3. The van der Waals surface area contributed by atoms with Crippen LogP contribution in [0, 0.1) is 0 Å². The number of aromatic nitrogens is 4.